The van der Waals surface area contributed by atoms with E-state index in [2.05, 4.69) is 41.2 Å². The van der Waals surface area contributed by atoms with Crippen LogP contribution in [-0.4, -0.2) is 17.9 Å². The number of cyclic esters (lactones) is 1. The van der Waals surface area contributed by atoms with Crippen LogP contribution in [0.4, 0.5) is 0 Å². The average Bonchev–Trinajstić information content (AvgIpc) is 3.11. The monoisotopic (exact) mass is 452 g/mol. The predicted octanol–water partition coefficient (Wildman–Crippen LogP) is 7.06. The van der Waals surface area contributed by atoms with Crippen LogP contribution in [-0.2, 0) is 14.3 Å². The molecule has 0 N–H and O–H groups in total. The van der Waals surface area contributed by atoms with Gasteiger partial charge in [0.2, 0.25) is 0 Å². The summed E-state index contributed by atoms with van der Waals surface area (Å²) in [6.45, 7) is 18.6. The Morgan fingerprint density at radius 2 is 1.64 bits per heavy atom. The van der Waals surface area contributed by atoms with Crippen molar-refractivity contribution < 1.29 is 14.3 Å². The summed E-state index contributed by atoms with van der Waals surface area (Å²) >= 11 is 0. The molecule has 33 heavy (non-hydrogen) atoms. The van der Waals surface area contributed by atoms with Gasteiger partial charge >= 0.3 is 5.97 Å². The van der Waals surface area contributed by atoms with E-state index in [1.165, 1.54) is 38.5 Å². The van der Waals surface area contributed by atoms with E-state index < -0.39 is 0 Å². The Balaban J connectivity index is 1.43. The highest BCUT2D eigenvalue weighted by atomic mass is 16.5. The summed E-state index contributed by atoms with van der Waals surface area (Å²) in [5.41, 5.74) is 2.54. The van der Waals surface area contributed by atoms with Gasteiger partial charge < -0.3 is 4.74 Å². The first kappa shape index (κ1) is 23.4. The number of esters is 1. The van der Waals surface area contributed by atoms with Gasteiger partial charge in [0.25, 0.3) is 0 Å². The van der Waals surface area contributed by atoms with Crippen molar-refractivity contribution >= 4 is 11.8 Å². The fraction of sp³-hybridized carbons (Fsp3) is 0.800. The maximum absolute atomic E-state index is 12.9. The second-order valence-electron chi connectivity index (χ2n) is 13.6. The third-order valence-corrected chi connectivity index (χ3v) is 12.2. The number of fused-ring (bicyclic) bond motifs is 5. The van der Waals surface area contributed by atoms with Crippen LogP contribution in [0.25, 0.3) is 0 Å². The lowest BCUT2D eigenvalue weighted by molar-refractivity contribution is -0.201. The summed E-state index contributed by atoms with van der Waals surface area (Å²) < 4.78 is 5.80. The molecule has 4 fully saturated rings. The van der Waals surface area contributed by atoms with Gasteiger partial charge in [0, 0.05) is 23.8 Å². The number of carbonyl (C=O) groups excluding carboxylic acids is 2. The van der Waals surface area contributed by atoms with Gasteiger partial charge in [-0.25, -0.2) is 4.79 Å². The van der Waals surface area contributed by atoms with Crippen LogP contribution in [0.3, 0.4) is 0 Å². The Kier molecular flexibility index (Phi) is 5.18. The van der Waals surface area contributed by atoms with E-state index in [-0.39, 0.29) is 28.3 Å². The van der Waals surface area contributed by atoms with E-state index in [0.717, 1.165) is 30.4 Å². The van der Waals surface area contributed by atoms with Crippen molar-refractivity contribution in [2.45, 2.75) is 105 Å². The molecule has 0 amide bonds. The number of rotatable bonds is 2. The van der Waals surface area contributed by atoms with Gasteiger partial charge in [-0.05, 0) is 97.4 Å². The molecular formula is C30H44O3. The lowest BCUT2D eigenvalue weighted by Gasteiger charge is -2.69. The zero-order chi connectivity index (χ0) is 24.0. The summed E-state index contributed by atoms with van der Waals surface area (Å²) in [7, 11) is 0. The Morgan fingerprint density at radius 1 is 0.939 bits per heavy atom. The molecular weight excluding hydrogens is 408 g/mol. The Morgan fingerprint density at radius 3 is 2.33 bits per heavy atom. The van der Waals surface area contributed by atoms with Gasteiger partial charge in [-0.1, -0.05) is 47.3 Å². The van der Waals surface area contributed by atoms with Crippen molar-refractivity contribution in [1.82, 2.24) is 0 Å². The molecule has 4 aliphatic carbocycles. The third-order valence-electron chi connectivity index (χ3n) is 12.2. The lowest BCUT2D eigenvalue weighted by Crippen LogP contribution is -2.63. The Bertz CT molecular complexity index is 927. The molecule has 1 aliphatic heterocycles. The molecule has 182 valence electrons. The highest BCUT2D eigenvalue weighted by Gasteiger charge is 2.68. The van der Waals surface area contributed by atoms with E-state index >= 15 is 0 Å². The lowest BCUT2D eigenvalue weighted by atomic mass is 9.35. The number of carbonyl (C=O) groups is 2. The fourth-order valence-electron chi connectivity index (χ4n) is 10.1. The summed E-state index contributed by atoms with van der Waals surface area (Å²) in [6, 6.07) is 0. The minimum absolute atomic E-state index is 0.155. The van der Waals surface area contributed by atoms with Gasteiger partial charge in [0.05, 0.1) is 0 Å². The highest BCUT2D eigenvalue weighted by molar-refractivity contribution is 5.88. The zero-order valence-corrected chi connectivity index (χ0v) is 21.8. The molecule has 0 aromatic heterocycles. The van der Waals surface area contributed by atoms with Crippen LogP contribution in [0.5, 0.6) is 0 Å². The summed E-state index contributed by atoms with van der Waals surface area (Å²) in [5, 5.41) is 0. The number of hydrogen-bond donors (Lipinski definition) is 0. The van der Waals surface area contributed by atoms with Crippen molar-refractivity contribution in [1.29, 1.82) is 0 Å². The van der Waals surface area contributed by atoms with E-state index in [4.69, 9.17) is 4.74 Å². The van der Waals surface area contributed by atoms with E-state index in [1.807, 2.05) is 13.0 Å². The quantitative estimate of drug-likeness (QED) is 0.333. The third kappa shape index (κ3) is 2.99. The minimum atomic E-state index is -0.185. The summed E-state index contributed by atoms with van der Waals surface area (Å²) in [6.07, 6.45) is 11.8. The SMILES string of the molecule is C=C([C@@H]1CC=C(C)C(=O)O1)[C@@H]1CC[C@]2(C)[C@@H]1CC[C@@H]1[C@@]3(C)CCC(=O)C(C)(C)[C@@H]3CC[C@]12C. The second kappa shape index (κ2) is 7.31. The smallest absolute Gasteiger partial charge is 0.333 e. The van der Waals surface area contributed by atoms with E-state index in [0.29, 0.717) is 34.9 Å². The van der Waals surface area contributed by atoms with Crippen LogP contribution in [0.2, 0.25) is 0 Å². The first-order valence-electron chi connectivity index (χ1n) is 13.5. The van der Waals surface area contributed by atoms with E-state index in [9.17, 15) is 9.59 Å². The fourth-order valence-corrected chi connectivity index (χ4v) is 10.1. The predicted molar refractivity (Wildman–Crippen MR) is 131 cm³/mol. The highest BCUT2D eigenvalue weighted by Crippen LogP contribution is 2.75. The molecule has 0 aromatic carbocycles. The summed E-state index contributed by atoms with van der Waals surface area (Å²) in [5.74, 6) is 2.57. The minimum Gasteiger partial charge on any atom is -0.454 e. The molecule has 0 aromatic rings. The molecule has 3 heteroatoms. The van der Waals surface area contributed by atoms with Gasteiger partial charge in [0.15, 0.2) is 0 Å². The van der Waals surface area contributed by atoms with Crippen molar-refractivity contribution in [3.63, 3.8) is 0 Å². The summed E-state index contributed by atoms with van der Waals surface area (Å²) in [4.78, 5) is 25.1. The van der Waals surface area contributed by atoms with Crippen molar-refractivity contribution in [3.8, 4) is 0 Å². The molecule has 0 radical (unpaired) electrons. The normalized spacial score (nSPS) is 48.8. The standard InChI is InChI=1S/C30H44O3/c1-18-8-10-22(33-26(18)32)19(2)20-12-16-29(6)21(20)9-11-24-28(5)15-14-25(31)27(3,4)23(28)13-17-30(24,29)7/h8,20-24H,2,9-17H2,1,3-7H3/t20-,21+,22-,23-,24+,28-,29+,30+/m0/s1. The molecule has 1 heterocycles. The molecule has 0 spiro atoms. The maximum Gasteiger partial charge on any atom is 0.333 e. The molecule has 5 aliphatic rings. The van der Waals surface area contributed by atoms with Crippen molar-refractivity contribution in [3.05, 3.63) is 23.8 Å². The molecule has 8 atom stereocenters. The van der Waals surface area contributed by atoms with E-state index in [1.54, 1.807) is 0 Å². The molecule has 5 rings (SSSR count). The Hall–Kier alpha value is -1.38. The van der Waals surface area contributed by atoms with Gasteiger partial charge in [-0.2, -0.15) is 0 Å². The molecule has 0 unspecified atom stereocenters. The first-order valence-corrected chi connectivity index (χ1v) is 13.5. The second-order valence-corrected chi connectivity index (χ2v) is 13.6. The van der Waals surface area contributed by atoms with Crippen molar-refractivity contribution in [2.75, 3.05) is 0 Å². The van der Waals surface area contributed by atoms with Gasteiger partial charge in [-0.3, -0.25) is 4.79 Å². The average molecular weight is 453 g/mol. The van der Waals surface area contributed by atoms with Crippen LogP contribution in [0.15, 0.2) is 23.8 Å². The van der Waals surface area contributed by atoms with Crippen molar-refractivity contribution in [2.24, 2.45) is 45.3 Å². The molecule has 4 saturated carbocycles. The first-order chi connectivity index (χ1) is 15.4. The van der Waals surface area contributed by atoms with Crippen LogP contribution in [0.1, 0.15) is 99.3 Å². The maximum atomic E-state index is 12.9. The zero-order valence-electron chi connectivity index (χ0n) is 21.8. The van der Waals surface area contributed by atoms with Crippen LogP contribution < -0.4 is 0 Å². The van der Waals surface area contributed by atoms with Gasteiger partial charge in [0.1, 0.15) is 11.9 Å². The number of ether oxygens (including phenoxy) is 1. The van der Waals surface area contributed by atoms with Crippen LogP contribution in [0, 0.1) is 45.3 Å². The number of ketones is 1. The van der Waals surface area contributed by atoms with Crippen LogP contribution >= 0.6 is 0 Å². The molecule has 0 bridgehead atoms. The largest absolute Gasteiger partial charge is 0.454 e. The molecule has 3 nitrogen and oxygen atoms in total. The number of Topliss-reactive ketones (excluding diaryl/α,β-unsaturated/α-hetero) is 1. The number of hydrogen-bond acceptors (Lipinski definition) is 3. The topological polar surface area (TPSA) is 43.4 Å². The van der Waals surface area contributed by atoms with Gasteiger partial charge in [-0.15, -0.1) is 0 Å². The molecule has 0 saturated heterocycles. The Labute approximate surface area is 200 Å².